The molecular weight excluding hydrogens is 252 g/mol. The third kappa shape index (κ3) is 2.44. The Morgan fingerprint density at radius 3 is 3.06 bits per heavy atom. The topological polar surface area (TPSA) is 41.6 Å². The zero-order chi connectivity index (χ0) is 13.1. The molecule has 2 rings (SSSR count). The maximum absolute atomic E-state index is 11.9. The summed E-state index contributed by atoms with van der Waals surface area (Å²) in [6.45, 7) is 3.20. The van der Waals surface area contributed by atoms with Gasteiger partial charge in [-0.2, -0.15) is 0 Å². The number of rotatable bonds is 4. The largest absolute Gasteiger partial charge is 0.447 e. The smallest absolute Gasteiger partial charge is 0.414 e. The molecule has 0 radical (unpaired) electrons. The number of nitrogens with zero attached hydrogens (tertiary/aromatic N) is 1. The van der Waals surface area contributed by atoms with Crippen molar-refractivity contribution in [3.8, 4) is 0 Å². The predicted molar refractivity (Wildman–Crippen MR) is 72.3 cm³/mol. The molecule has 4 nitrogen and oxygen atoms in total. The minimum Gasteiger partial charge on any atom is -0.447 e. The van der Waals surface area contributed by atoms with E-state index in [1.165, 1.54) is 0 Å². The van der Waals surface area contributed by atoms with E-state index in [0.29, 0.717) is 11.6 Å². The van der Waals surface area contributed by atoms with Crippen LogP contribution in [-0.2, 0) is 4.74 Å². The van der Waals surface area contributed by atoms with Crippen molar-refractivity contribution in [1.29, 1.82) is 0 Å². The van der Waals surface area contributed by atoms with E-state index in [9.17, 15) is 4.79 Å². The number of ether oxygens (including phenoxy) is 1. The zero-order valence-electron chi connectivity index (χ0n) is 10.6. The summed E-state index contributed by atoms with van der Waals surface area (Å²) < 4.78 is 5.14. The highest BCUT2D eigenvalue weighted by atomic mass is 35.5. The fourth-order valence-corrected chi connectivity index (χ4v) is 2.31. The molecule has 1 heterocycles. The summed E-state index contributed by atoms with van der Waals surface area (Å²) in [6.07, 6.45) is 0.565. The monoisotopic (exact) mass is 268 g/mol. The summed E-state index contributed by atoms with van der Waals surface area (Å²) in [6, 6.07) is 5.65. The Morgan fingerprint density at radius 1 is 1.56 bits per heavy atom. The van der Waals surface area contributed by atoms with E-state index in [-0.39, 0.29) is 12.1 Å². The van der Waals surface area contributed by atoms with Crippen LogP contribution < -0.4 is 10.2 Å². The van der Waals surface area contributed by atoms with Crippen LogP contribution in [0.15, 0.2) is 18.2 Å². The molecule has 1 aromatic carbocycles. The van der Waals surface area contributed by atoms with Crippen LogP contribution in [-0.4, -0.2) is 32.3 Å². The molecule has 0 bridgehead atoms. The van der Waals surface area contributed by atoms with Crippen molar-refractivity contribution >= 4 is 23.4 Å². The van der Waals surface area contributed by atoms with Gasteiger partial charge in [0.15, 0.2) is 0 Å². The maximum Gasteiger partial charge on any atom is 0.414 e. The fraction of sp³-hybridized carbons (Fsp3) is 0.462. The average molecular weight is 269 g/mol. The summed E-state index contributed by atoms with van der Waals surface area (Å²) in [5.74, 6) is 0. The highest BCUT2D eigenvalue weighted by Crippen LogP contribution is 2.31. The molecule has 0 aromatic heterocycles. The van der Waals surface area contributed by atoms with E-state index in [1.54, 1.807) is 4.90 Å². The Balaban J connectivity index is 2.28. The third-order valence-corrected chi connectivity index (χ3v) is 3.60. The molecule has 1 amide bonds. The predicted octanol–water partition coefficient (Wildman–Crippen LogP) is 2.58. The van der Waals surface area contributed by atoms with Crippen LogP contribution in [0, 0.1) is 6.92 Å². The molecule has 1 saturated heterocycles. The van der Waals surface area contributed by atoms with Crippen LogP contribution in [0.25, 0.3) is 0 Å². The highest BCUT2D eigenvalue weighted by Gasteiger charge is 2.34. The van der Waals surface area contributed by atoms with Crippen LogP contribution in [0.4, 0.5) is 10.5 Å². The molecule has 0 aliphatic carbocycles. The van der Waals surface area contributed by atoms with Gasteiger partial charge in [0, 0.05) is 5.02 Å². The lowest BCUT2D eigenvalue weighted by Crippen LogP contribution is -2.35. The van der Waals surface area contributed by atoms with Crippen molar-refractivity contribution in [3.05, 3.63) is 28.8 Å². The highest BCUT2D eigenvalue weighted by molar-refractivity contribution is 6.31. The Kier molecular flexibility index (Phi) is 4.09. The first-order chi connectivity index (χ1) is 8.65. The van der Waals surface area contributed by atoms with Gasteiger partial charge in [-0.15, -0.1) is 0 Å². The van der Waals surface area contributed by atoms with Gasteiger partial charge in [-0.25, -0.2) is 4.79 Å². The standard InChI is InChI=1S/C13H17ClN2O2/c1-9-11(14)4-3-5-12(9)16-10(6-7-15-2)8-18-13(16)17/h3-5,10,15H,6-8H2,1-2H3. The van der Waals surface area contributed by atoms with E-state index < -0.39 is 0 Å². The van der Waals surface area contributed by atoms with Gasteiger partial charge >= 0.3 is 6.09 Å². The molecule has 18 heavy (non-hydrogen) atoms. The van der Waals surface area contributed by atoms with Crippen molar-refractivity contribution in [2.24, 2.45) is 0 Å². The number of cyclic esters (lactones) is 1. The number of amides is 1. The lowest BCUT2D eigenvalue weighted by atomic mass is 10.1. The first kappa shape index (κ1) is 13.2. The number of nitrogens with one attached hydrogen (secondary N) is 1. The molecule has 0 spiro atoms. The number of benzene rings is 1. The second-order valence-electron chi connectivity index (χ2n) is 4.38. The van der Waals surface area contributed by atoms with Crippen LogP contribution >= 0.6 is 11.6 Å². The molecule has 1 aliphatic rings. The molecular formula is C13H17ClN2O2. The van der Waals surface area contributed by atoms with Crippen molar-refractivity contribution in [2.45, 2.75) is 19.4 Å². The SMILES string of the molecule is CNCCC1COC(=O)N1c1cccc(Cl)c1C. The van der Waals surface area contributed by atoms with Crippen molar-refractivity contribution in [3.63, 3.8) is 0 Å². The van der Waals surface area contributed by atoms with Gasteiger partial charge in [0.05, 0.1) is 11.7 Å². The van der Waals surface area contributed by atoms with Crippen LogP contribution in [0.5, 0.6) is 0 Å². The second kappa shape index (κ2) is 5.59. The van der Waals surface area contributed by atoms with Gasteiger partial charge in [-0.3, -0.25) is 4.90 Å². The maximum atomic E-state index is 11.9. The van der Waals surface area contributed by atoms with Crippen molar-refractivity contribution in [2.75, 3.05) is 25.1 Å². The summed E-state index contributed by atoms with van der Waals surface area (Å²) in [5.41, 5.74) is 1.75. The van der Waals surface area contributed by atoms with Crippen LogP contribution in [0.2, 0.25) is 5.02 Å². The molecule has 1 atom stereocenters. The van der Waals surface area contributed by atoms with Gasteiger partial charge in [-0.1, -0.05) is 17.7 Å². The minimum atomic E-state index is -0.290. The summed E-state index contributed by atoms with van der Waals surface area (Å²) in [5, 5.41) is 3.75. The fourth-order valence-electron chi connectivity index (χ4n) is 2.14. The molecule has 1 aliphatic heterocycles. The van der Waals surface area contributed by atoms with E-state index in [2.05, 4.69) is 5.32 Å². The quantitative estimate of drug-likeness (QED) is 0.913. The van der Waals surface area contributed by atoms with Gasteiger partial charge in [0.2, 0.25) is 0 Å². The third-order valence-electron chi connectivity index (χ3n) is 3.19. The molecule has 1 fully saturated rings. The van der Waals surface area contributed by atoms with Crippen LogP contribution in [0.1, 0.15) is 12.0 Å². The Labute approximate surface area is 112 Å². The second-order valence-corrected chi connectivity index (χ2v) is 4.78. The van der Waals surface area contributed by atoms with E-state index in [1.807, 2.05) is 32.2 Å². The van der Waals surface area contributed by atoms with Gasteiger partial charge in [-0.05, 0) is 44.6 Å². The number of hydrogen-bond donors (Lipinski definition) is 1. The van der Waals surface area contributed by atoms with Gasteiger partial charge in [0.25, 0.3) is 0 Å². The molecule has 0 saturated carbocycles. The minimum absolute atomic E-state index is 0.0714. The lowest BCUT2D eigenvalue weighted by molar-refractivity contribution is 0.178. The Bertz CT molecular complexity index is 451. The van der Waals surface area contributed by atoms with Gasteiger partial charge < -0.3 is 10.1 Å². The Hall–Kier alpha value is -1.26. The normalized spacial score (nSPS) is 19.2. The van der Waals surface area contributed by atoms with E-state index in [0.717, 1.165) is 24.2 Å². The molecule has 1 aromatic rings. The Morgan fingerprint density at radius 2 is 2.33 bits per heavy atom. The first-order valence-electron chi connectivity index (χ1n) is 6.01. The van der Waals surface area contributed by atoms with E-state index in [4.69, 9.17) is 16.3 Å². The van der Waals surface area contributed by atoms with Crippen LogP contribution in [0.3, 0.4) is 0 Å². The summed E-state index contributed by atoms with van der Waals surface area (Å²) in [7, 11) is 1.90. The molecule has 1 unspecified atom stereocenters. The average Bonchev–Trinajstić information content (AvgIpc) is 2.72. The van der Waals surface area contributed by atoms with Crippen molar-refractivity contribution < 1.29 is 9.53 Å². The molecule has 5 heteroatoms. The van der Waals surface area contributed by atoms with E-state index >= 15 is 0 Å². The summed E-state index contributed by atoms with van der Waals surface area (Å²) in [4.78, 5) is 13.6. The first-order valence-corrected chi connectivity index (χ1v) is 6.38. The number of hydrogen-bond acceptors (Lipinski definition) is 3. The number of carbonyl (C=O) groups excluding carboxylic acids is 1. The van der Waals surface area contributed by atoms with Gasteiger partial charge in [0.1, 0.15) is 6.61 Å². The number of carbonyl (C=O) groups is 1. The molecule has 1 N–H and O–H groups in total. The lowest BCUT2D eigenvalue weighted by Gasteiger charge is -2.23. The molecule has 98 valence electrons. The number of halogens is 1. The van der Waals surface area contributed by atoms with Crippen molar-refractivity contribution in [1.82, 2.24) is 5.32 Å². The summed E-state index contributed by atoms with van der Waals surface area (Å²) >= 11 is 6.10. The zero-order valence-corrected chi connectivity index (χ0v) is 11.3. The number of anilines is 1.